The molecule has 15 heavy (non-hydrogen) atoms. The van der Waals surface area contributed by atoms with Crippen LogP contribution in [0.5, 0.6) is 0 Å². The zero-order valence-corrected chi connectivity index (χ0v) is 9.84. The molecular formula is C15H20. The van der Waals surface area contributed by atoms with E-state index in [1.165, 1.54) is 36.8 Å². The maximum absolute atomic E-state index is 2.33. The van der Waals surface area contributed by atoms with Gasteiger partial charge in [0.05, 0.1) is 0 Å². The molecule has 0 unspecified atom stereocenters. The zero-order chi connectivity index (χ0) is 10.7. The van der Waals surface area contributed by atoms with E-state index in [1.54, 1.807) is 11.1 Å². The molecule has 0 aromatic heterocycles. The SMILES string of the molecule is CCCCCc1ccc(C)c2c1CC=C2. The van der Waals surface area contributed by atoms with E-state index in [4.69, 9.17) is 0 Å². The summed E-state index contributed by atoms with van der Waals surface area (Å²) in [7, 11) is 0. The van der Waals surface area contributed by atoms with Gasteiger partial charge in [0.15, 0.2) is 0 Å². The molecule has 1 aromatic carbocycles. The molecule has 0 heteroatoms. The predicted octanol–water partition coefficient (Wildman–Crippen LogP) is 4.30. The van der Waals surface area contributed by atoms with E-state index in [2.05, 4.69) is 38.1 Å². The summed E-state index contributed by atoms with van der Waals surface area (Å²) in [6.45, 7) is 4.48. The van der Waals surface area contributed by atoms with Gasteiger partial charge in [-0.3, -0.25) is 0 Å². The highest BCUT2D eigenvalue weighted by atomic mass is 14.2. The monoisotopic (exact) mass is 200 g/mol. The molecule has 0 nitrogen and oxygen atoms in total. The van der Waals surface area contributed by atoms with Gasteiger partial charge in [0, 0.05) is 0 Å². The number of rotatable bonds is 4. The third-order valence-corrected chi connectivity index (χ3v) is 3.33. The van der Waals surface area contributed by atoms with Crippen LogP contribution in [0.25, 0.3) is 6.08 Å². The minimum absolute atomic E-state index is 1.15. The van der Waals surface area contributed by atoms with Gasteiger partial charge in [-0.1, -0.05) is 44.1 Å². The number of hydrogen-bond donors (Lipinski definition) is 0. The van der Waals surface area contributed by atoms with E-state index in [9.17, 15) is 0 Å². The number of allylic oxidation sites excluding steroid dienone is 1. The van der Waals surface area contributed by atoms with Crippen LogP contribution in [0.3, 0.4) is 0 Å². The van der Waals surface area contributed by atoms with E-state index < -0.39 is 0 Å². The fraction of sp³-hybridized carbons (Fsp3) is 0.467. The van der Waals surface area contributed by atoms with Gasteiger partial charge in [-0.2, -0.15) is 0 Å². The average Bonchev–Trinajstić information content (AvgIpc) is 2.71. The molecule has 0 heterocycles. The third-order valence-electron chi connectivity index (χ3n) is 3.33. The van der Waals surface area contributed by atoms with Crippen molar-refractivity contribution in [2.24, 2.45) is 0 Å². The Balaban J connectivity index is 2.17. The van der Waals surface area contributed by atoms with E-state index in [1.807, 2.05) is 0 Å². The Labute approximate surface area is 93.0 Å². The molecule has 1 aliphatic rings. The quantitative estimate of drug-likeness (QED) is 0.636. The Bertz CT molecular complexity index is 372. The smallest absolute Gasteiger partial charge is 0.00853 e. The van der Waals surface area contributed by atoms with Crippen LogP contribution in [-0.4, -0.2) is 0 Å². The summed E-state index contributed by atoms with van der Waals surface area (Å²) in [6, 6.07) is 4.60. The van der Waals surface area contributed by atoms with E-state index in [-0.39, 0.29) is 0 Å². The van der Waals surface area contributed by atoms with E-state index in [0.29, 0.717) is 0 Å². The van der Waals surface area contributed by atoms with Crippen LogP contribution < -0.4 is 0 Å². The lowest BCUT2D eigenvalue weighted by molar-refractivity contribution is 0.714. The minimum atomic E-state index is 1.15. The van der Waals surface area contributed by atoms with Crippen LogP contribution >= 0.6 is 0 Å². The first-order chi connectivity index (χ1) is 7.33. The lowest BCUT2D eigenvalue weighted by Gasteiger charge is -2.10. The van der Waals surface area contributed by atoms with Crippen LogP contribution in [-0.2, 0) is 12.8 Å². The minimum Gasteiger partial charge on any atom is -0.0795 e. The molecular weight excluding hydrogens is 180 g/mol. The van der Waals surface area contributed by atoms with Crippen LogP contribution in [0.2, 0.25) is 0 Å². The first-order valence-corrected chi connectivity index (χ1v) is 6.11. The molecule has 0 fully saturated rings. The average molecular weight is 200 g/mol. The number of aryl methyl sites for hydroxylation is 2. The van der Waals surface area contributed by atoms with Crippen molar-refractivity contribution in [3.8, 4) is 0 Å². The predicted molar refractivity (Wildman–Crippen MR) is 67.1 cm³/mol. The highest BCUT2D eigenvalue weighted by Gasteiger charge is 2.11. The number of fused-ring (bicyclic) bond motifs is 1. The topological polar surface area (TPSA) is 0 Å². The van der Waals surface area contributed by atoms with E-state index >= 15 is 0 Å². The second kappa shape index (κ2) is 4.65. The Morgan fingerprint density at radius 2 is 2.07 bits per heavy atom. The molecule has 0 amide bonds. The molecule has 0 bridgehead atoms. The summed E-state index contributed by atoms with van der Waals surface area (Å²) in [5, 5.41) is 0. The highest BCUT2D eigenvalue weighted by Crippen LogP contribution is 2.27. The molecule has 2 rings (SSSR count). The van der Waals surface area contributed by atoms with Gasteiger partial charge in [0.25, 0.3) is 0 Å². The maximum Gasteiger partial charge on any atom is -0.00853 e. The number of unbranched alkanes of at least 4 members (excludes halogenated alkanes) is 2. The zero-order valence-electron chi connectivity index (χ0n) is 9.84. The Kier molecular flexibility index (Phi) is 3.25. The van der Waals surface area contributed by atoms with Crippen molar-refractivity contribution >= 4 is 6.08 Å². The molecule has 0 saturated heterocycles. The molecule has 0 atom stereocenters. The first kappa shape index (κ1) is 10.5. The first-order valence-electron chi connectivity index (χ1n) is 6.11. The van der Waals surface area contributed by atoms with Gasteiger partial charge in [0.1, 0.15) is 0 Å². The fourth-order valence-electron chi connectivity index (χ4n) is 2.39. The molecule has 0 aliphatic heterocycles. The maximum atomic E-state index is 2.33. The van der Waals surface area contributed by atoms with Crippen molar-refractivity contribution in [3.05, 3.63) is 40.5 Å². The second-order valence-corrected chi connectivity index (χ2v) is 4.50. The van der Waals surface area contributed by atoms with Gasteiger partial charge in [-0.25, -0.2) is 0 Å². The molecule has 1 aromatic rings. The van der Waals surface area contributed by atoms with Crippen molar-refractivity contribution in [1.82, 2.24) is 0 Å². The van der Waals surface area contributed by atoms with Gasteiger partial charge in [-0.15, -0.1) is 0 Å². The van der Waals surface area contributed by atoms with Crippen molar-refractivity contribution in [2.75, 3.05) is 0 Å². The largest absolute Gasteiger partial charge is 0.0795 e. The molecule has 1 aliphatic carbocycles. The molecule has 0 N–H and O–H groups in total. The summed E-state index contributed by atoms with van der Waals surface area (Å²) in [5.41, 5.74) is 6.09. The summed E-state index contributed by atoms with van der Waals surface area (Å²) < 4.78 is 0. The number of hydrogen-bond acceptors (Lipinski definition) is 0. The van der Waals surface area contributed by atoms with Gasteiger partial charge < -0.3 is 0 Å². The van der Waals surface area contributed by atoms with Crippen LogP contribution in [0.1, 0.15) is 48.4 Å². The molecule has 0 spiro atoms. The van der Waals surface area contributed by atoms with Crippen molar-refractivity contribution in [3.63, 3.8) is 0 Å². The Morgan fingerprint density at radius 1 is 1.20 bits per heavy atom. The molecule has 80 valence electrons. The summed E-state index contributed by atoms with van der Waals surface area (Å²) in [4.78, 5) is 0. The van der Waals surface area contributed by atoms with Crippen LogP contribution in [0.4, 0.5) is 0 Å². The standard InChI is InChI=1S/C15H20/c1-3-4-5-7-13-11-10-12(2)14-8-6-9-15(13)14/h6,8,10-11H,3-5,7,9H2,1-2H3. The summed E-state index contributed by atoms with van der Waals surface area (Å²) in [5.74, 6) is 0. The molecule has 0 radical (unpaired) electrons. The van der Waals surface area contributed by atoms with Gasteiger partial charge in [-0.05, 0) is 48.4 Å². The van der Waals surface area contributed by atoms with Crippen LogP contribution in [0.15, 0.2) is 18.2 Å². The van der Waals surface area contributed by atoms with E-state index in [0.717, 1.165) is 6.42 Å². The Morgan fingerprint density at radius 3 is 2.87 bits per heavy atom. The summed E-state index contributed by atoms with van der Waals surface area (Å²) in [6.07, 6.45) is 11.0. The third kappa shape index (κ3) is 2.14. The summed E-state index contributed by atoms with van der Waals surface area (Å²) >= 11 is 0. The second-order valence-electron chi connectivity index (χ2n) is 4.50. The Hall–Kier alpha value is -1.04. The normalized spacial score (nSPS) is 13.2. The lowest BCUT2D eigenvalue weighted by Crippen LogP contribution is -1.96. The van der Waals surface area contributed by atoms with Crippen LogP contribution in [0, 0.1) is 6.92 Å². The van der Waals surface area contributed by atoms with Gasteiger partial charge in [0.2, 0.25) is 0 Å². The van der Waals surface area contributed by atoms with Crippen molar-refractivity contribution < 1.29 is 0 Å². The molecule has 0 saturated carbocycles. The van der Waals surface area contributed by atoms with Crippen molar-refractivity contribution in [2.45, 2.75) is 46.0 Å². The lowest BCUT2D eigenvalue weighted by atomic mass is 9.95. The fourth-order valence-corrected chi connectivity index (χ4v) is 2.39. The van der Waals surface area contributed by atoms with Gasteiger partial charge >= 0.3 is 0 Å². The number of benzene rings is 1. The highest BCUT2D eigenvalue weighted by molar-refractivity contribution is 5.65. The van der Waals surface area contributed by atoms with Crippen molar-refractivity contribution in [1.29, 1.82) is 0 Å².